The van der Waals surface area contributed by atoms with Crippen LogP contribution in [0.3, 0.4) is 0 Å². The van der Waals surface area contributed by atoms with Gasteiger partial charge in [-0.1, -0.05) is 12.1 Å². The van der Waals surface area contributed by atoms with E-state index in [1.54, 1.807) is 7.11 Å². The second-order valence-electron chi connectivity index (χ2n) is 5.55. The van der Waals surface area contributed by atoms with Gasteiger partial charge >= 0.3 is 0 Å². The van der Waals surface area contributed by atoms with Crippen LogP contribution in [-0.4, -0.2) is 7.11 Å². The number of benzene rings is 2. The van der Waals surface area contributed by atoms with Crippen molar-refractivity contribution in [1.82, 2.24) is 0 Å². The molecule has 2 aromatic rings. The van der Waals surface area contributed by atoms with Gasteiger partial charge in [0.25, 0.3) is 0 Å². The van der Waals surface area contributed by atoms with Crippen molar-refractivity contribution in [2.75, 3.05) is 7.11 Å². The third-order valence-corrected chi connectivity index (χ3v) is 4.00. The predicted octanol–water partition coefficient (Wildman–Crippen LogP) is 4.00. The topological polar surface area (TPSA) is 44.5 Å². The molecule has 0 aromatic heterocycles. The molecule has 1 aliphatic carbocycles. The maximum atomic E-state index is 6.08. The zero-order chi connectivity index (χ0) is 14.8. The Morgan fingerprint density at radius 1 is 1.05 bits per heavy atom. The third kappa shape index (κ3) is 2.74. The molecule has 2 N–H and O–H groups in total. The van der Waals surface area contributed by atoms with Gasteiger partial charge in [-0.3, -0.25) is 0 Å². The number of methoxy groups -OCH3 is 1. The Bertz CT molecular complexity index is 650. The second-order valence-corrected chi connectivity index (χ2v) is 5.55. The first-order valence-electron chi connectivity index (χ1n) is 7.41. The monoisotopic (exact) mass is 283 g/mol. The van der Waals surface area contributed by atoms with Crippen LogP contribution < -0.4 is 15.2 Å². The Morgan fingerprint density at radius 3 is 2.57 bits per heavy atom. The Kier molecular flexibility index (Phi) is 3.84. The summed E-state index contributed by atoms with van der Waals surface area (Å²) in [6, 6.07) is 12.0. The van der Waals surface area contributed by atoms with Crippen LogP contribution in [0.25, 0.3) is 0 Å². The van der Waals surface area contributed by atoms with E-state index >= 15 is 0 Å². The summed E-state index contributed by atoms with van der Waals surface area (Å²) in [6.07, 6.45) is 3.56. The van der Waals surface area contributed by atoms with E-state index in [0.717, 1.165) is 29.2 Å². The number of hydrogen-bond donors (Lipinski definition) is 1. The standard InChI is InChI=1S/C18H21NO2/c1-12(19)18-16(20-2)7-4-8-17(18)21-15-10-9-13-5-3-6-14(13)11-15/h4,7-12H,3,5-6,19H2,1-2H3/t12-/m1/s1. The number of nitrogens with two attached hydrogens (primary N) is 1. The predicted molar refractivity (Wildman–Crippen MR) is 84.1 cm³/mol. The van der Waals surface area contributed by atoms with Crippen molar-refractivity contribution in [3.05, 3.63) is 53.1 Å². The molecular weight excluding hydrogens is 262 g/mol. The molecule has 0 aliphatic heterocycles. The molecule has 0 bridgehead atoms. The summed E-state index contributed by atoms with van der Waals surface area (Å²) in [4.78, 5) is 0. The molecule has 3 nitrogen and oxygen atoms in total. The van der Waals surface area contributed by atoms with Crippen molar-refractivity contribution in [2.24, 2.45) is 5.73 Å². The number of rotatable bonds is 4. The normalized spacial score (nSPS) is 14.6. The lowest BCUT2D eigenvalue weighted by molar-refractivity contribution is 0.397. The second kappa shape index (κ2) is 5.78. The highest BCUT2D eigenvalue weighted by Crippen LogP contribution is 2.36. The maximum absolute atomic E-state index is 6.08. The SMILES string of the molecule is COc1cccc(Oc2ccc3c(c2)CCC3)c1[C@@H](C)N. The molecule has 1 atom stereocenters. The first-order chi connectivity index (χ1) is 10.2. The van der Waals surface area contributed by atoms with E-state index in [1.807, 2.05) is 31.2 Å². The lowest BCUT2D eigenvalue weighted by Gasteiger charge is -2.17. The van der Waals surface area contributed by atoms with Gasteiger partial charge in [0.2, 0.25) is 0 Å². The zero-order valence-electron chi connectivity index (χ0n) is 12.6. The van der Waals surface area contributed by atoms with Crippen LogP contribution in [0.5, 0.6) is 17.2 Å². The van der Waals surface area contributed by atoms with Crippen molar-refractivity contribution in [1.29, 1.82) is 0 Å². The van der Waals surface area contributed by atoms with Gasteiger partial charge in [0, 0.05) is 6.04 Å². The summed E-state index contributed by atoms with van der Waals surface area (Å²) < 4.78 is 11.5. The fourth-order valence-electron chi connectivity index (χ4n) is 2.98. The molecule has 0 radical (unpaired) electrons. The molecule has 0 spiro atoms. The molecule has 0 unspecified atom stereocenters. The Balaban J connectivity index is 1.94. The summed E-state index contributed by atoms with van der Waals surface area (Å²) in [6.45, 7) is 1.94. The number of fused-ring (bicyclic) bond motifs is 1. The van der Waals surface area contributed by atoms with Crippen molar-refractivity contribution in [3.8, 4) is 17.2 Å². The fraction of sp³-hybridized carbons (Fsp3) is 0.333. The summed E-state index contributed by atoms with van der Waals surface area (Å²) in [5, 5.41) is 0. The average Bonchev–Trinajstić information content (AvgIpc) is 2.94. The minimum atomic E-state index is -0.148. The Labute approximate surface area is 125 Å². The Hall–Kier alpha value is -2.00. The highest BCUT2D eigenvalue weighted by atomic mass is 16.5. The summed E-state index contributed by atoms with van der Waals surface area (Å²) in [5.41, 5.74) is 9.82. The Morgan fingerprint density at radius 2 is 1.81 bits per heavy atom. The minimum Gasteiger partial charge on any atom is -0.496 e. The number of ether oxygens (including phenoxy) is 2. The minimum absolute atomic E-state index is 0.148. The molecule has 1 aliphatic rings. The van der Waals surface area contributed by atoms with Gasteiger partial charge in [0.15, 0.2) is 0 Å². The zero-order valence-corrected chi connectivity index (χ0v) is 12.6. The van der Waals surface area contributed by atoms with Gasteiger partial charge in [-0.05, 0) is 61.6 Å². The average molecular weight is 283 g/mol. The summed E-state index contributed by atoms with van der Waals surface area (Å²) in [5.74, 6) is 2.40. The molecule has 0 saturated heterocycles. The molecule has 2 aromatic carbocycles. The van der Waals surface area contributed by atoms with Gasteiger partial charge in [0.05, 0.1) is 12.7 Å². The maximum Gasteiger partial charge on any atom is 0.135 e. The smallest absolute Gasteiger partial charge is 0.135 e. The number of hydrogen-bond acceptors (Lipinski definition) is 3. The molecule has 21 heavy (non-hydrogen) atoms. The van der Waals surface area contributed by atoms with E-state index in [4.69, 9.17) is 15.2 Å². The van der Waals surface area contributed by atoms with E-state index in [2.05, 4.69) is 12.1 Å². The molecular formula is C18H21NO2. The van der Waals surface area contributed by atoms with E-state index in [9.17, 15) is 0 Å². The van der Waals surface area contributed by atoms with Crippen LogP contribution in [0.4, 0.5) is 0 Å². The molecule has 0 saturated carbocycles. The van der Waals surface area contributed by atoms with Crippen LogP contribution in [-0.2, 0) is 12.8 Å². The fourth-order valence-corrected chi connectivity index (χ4v) is 2.98. The molecule has 0 amide bonds. The molecule has 0 heterocycles. The van der Waals surface area contributed by atoms with E-state index in [-0.39, 0.29) is 6.04 Å². The lowest BCUT2D eigenvalue weighted by atomic mass is 10.1. The van der Waals surface area contributed by atoms with Crippen molar-refractivity contribution >= 4 is 0 Å². The van der Waals surface area contributed by atoms with Crippen LogP contribution in [0.2, 0.25) is 0 Å². The van der Waals surface area contributed by atoms with Crippen molar-refractivity contribution in [2.45, 2.75) is 32.2 Å². The van der Waals surface area contributed by atoms with Gasteiger partial charge in [-0.25, -0.2) is 0 Å². The third-order valence-electron chi connectivity index (χ3n) is 4.00. The molecule has 3 rings (SSSR count). The van der Waals surface area contributed by atoms with Crippen LogP contribution in [0.1, 0.15) is 36.1 Å². The summed E-state index contributed by atoms with van der Waals surface area (Å²) >= 11 is 0. The summed E-state index contributed by atoms with van der Waals surface area (Å²) in [7, 11) is 1.65. The molecule has 0 fully saturated rings. The van der Waals surface area contributed by atoms with Crippen LogP contribution in [0.15, 0.2) is 36.4 Å². The van der Waals surface area contributed by atoms with Crippen molar-refractivity contribution < 1.29 is 9.47 Å². The molecule has 110 valence electrons. The quantitative estimate of drug-likeness (QED) is 0.922. The van der Waals surface area contributed by atoms with Gasteiger partial charge in [-0.15, -0.1) is 0 Å². The van der Waals surface area contributed by atoms with Gasteiger partial charge < -0.3 is 15.2 Å². The highest BCUT2D eigenvalue weighted by Gasteiger charge is 2.16. The molecule has 3 heteroatoms. The van der Waals surface area contributed by atoms with Crippen molar-refractivity contribution in [3.63, 3.8) is 0 Å². The van der Waals surface area contributed by atoms with Crippen LogP contribution in [0, 0.1) is 0 Å². The largest absolute Gasteiger partial charge is 0.496 e. The number of aryl methyl sites for hydroxylation is 2. The first-order valence-corrected chi connectivity index (χ1v) is 7.41. The highest BCUT2D eigenvalue weighted by molar-refractivity contribution is 5.49. The van der Waals surface area contributed by atoms with Crippen LogP contribution >= 0.6 is 0 Å². The van der Waals surface area contributed by atoms with E-state index in [0.29, 0.717) is 0 Å². The first kappa shape index (κ1) is 14.0. The van der Waals surface area contributed by atoms with Gasteiger partial charge in [-0.2, -0.15) is 0 Å². The van der Waals surface area contributed by atoms with E-state index in [1.165, 1.54) is 24.0 Å². The van der Waals surface area contributed by atoms with E-state index < -0.39 is 0 Å². The van der Waals surface area contributed by atoms with Gasteiger partial charge in [0.1, 0.15) is 17.2 Å². The lowest BCUT2D eigenvalue weighted by Crippen LogP contribution is -2.08.